The first-order chi connectivity index (χ1) is 15.8. The number of halogens is 5. The lowest BCUT2D eigenvalue weighted by Crippen LogP contribution is -2.42. The third-order valence-electron chi connectivity index (χ3n) is 5.53. The third kappa shape index (κ3) is 4.03. The fourth-order valence-corrected chi connectivity index (χ4v) is 4.41. The molecule has 4 rings (SSSR count). The summed E-state index contributed by atoms with van der Waals surface area (Å²) in [4.78, 5) is 17.3. The summed E-state index contributed by atoms with van der Waals surface area (Å²) in [5, 5.41) is 3.87. The van der Waals surface area contributed by atoms with Crippen molar-refractivity contribution in [3.05, 3.63) is 40.4 Å². The second kappa shape index (κ2) is 8.03. The molecule has 1 aliphatic rings. The lowest BCUT2D eigenvalue weighted by Gasteiger charge is -2.20. The molecule has 0 aliphatic heterocycles. The molecule has 8 nitrogen and oxygen atoms in total. The van der Waals surface area contributed by atoms with Crippen LogP contribution >= 0.6 is 0 Å². The first-order valence-electron chi connectivity index (χ1n) is 10.2. The Bertz CT molecular complexity index is 1430. The van der Waals surface area contributed by atoms with Gasteiger partial charge in [0.15, 0.2) is 33.0 Å². The number of aromatic nitrogens is 4. The first kappa shape index (κ1) is 24.1. The fraction of sp³-hybridized carbons (Fsp3) is 0.450. The Hall–Kier alpha value is -3.03. The van der Waals surface area contributed by atoms with E-state index in [4.69, 9.17) is 0 Å². The highest BCUT2D eigenvalue weighted by Gasteiger charge is 2.58. The summed E-state index contributed by atoms with van der Waals surface area (Å²) in [7, 11) is -2.82. The Morgan fingerprint density at radius 2 is 1.82 bits per heavy atom. The maximum absolute atomic E-state index is 13.2. The summed E-state index contributed by atoms with van der Waals surface area (Å²) < 4.78 is 96.0. The smallest absolute Gasteiger partial charge is 0.456 e. The van der Waals surface area contributed by atoms with Gasteiger partial charge in [0, 0.05) is 24.9 Å². The molecule has 1 aliphatic carbocycles. The molecular weight excluding hydrogens is 487 g/mol. The summed E-state index contributed by atoms with van der Waals surface area (Å²) >= 11 is 0. The molecule has 0 bridgehead atoms. The van der Waals surface area contributed by atoms with Crippen LogP contribution in [0.1, 0.15) is 31.4 Å². The van der Waals surface area contributed by atoms with E-state index in [2.05, 4.69) is 14.8 Å². The Morgan fingerprint density at radius 1 is 1.15 bits per heavy atom. The van der Waals surface area contributed by atoms with Crippen molar-refractivity contribution in [3.63, 3.8) is 0 Å². The fourth-order valence-electron chi connectivity index (χ4n) is 3.42. The summed E-state index contributed by atoms with van der Waals surface area (Å²) in [5.74, 6) is -5.82. The zero-order valence-corrected chi connectivity index (χ0v) is 18.8. The number of nitrogens with zero attached hydrogens (tertiary/aromatic N) is 4. The van der Waals surface area contributed by atoms with E-state index in [0.717, 1.165) is 42.3 Å². The van der Waals surface area contributed by atoms with Gasteiger partial charge in [-0.2, -0.15) is 27.1 Å². The van der Waals surface area contributed by atoms with Gasteiger partial charge in [-0.3, -0.25) is 9.36 Å². The monoisotopic (exact) mass is 506 g/mol. The lowest BCUT2D eigenvalue weighted by atomic mass is 10.1. The number of hydrogen-bond acceptors (Lipinski definition) is 6. The van der Waals surface area contributed by atoms with Crippen LogP contribution in [-0.2, 0) is 16.9 Å². The van der Waals surface area contributed by atoms with E-state index in [9.17, 15) is 35.2 Å². The predicted octanol–water partition coefficient (Wildman–Crippen LogP) is 3.34. The molecule has 14 heteroatoms. The van der Waals surface area contributed by atoms with Gasteiger partial charge in [-0.1, -0.05) is 6.92 Å². The molecule has 34 heavy (non-hydrogen) atoms. The lowest BCUT2D eigenvalue weighted by molar-refractivity contribution is -0.290. The van der Waals surface area contributed by atoms with Crippen LogP contribution in [0.2, 0.25) is 0 Å². The molecule has 184 valence electrons. The number of sulfone groups is 1. The minimum atomic E-state index is -5.82. The van der Waals surface area contributed by atoms with Crippen LogP contribution in [0, 0.1) is 0 Å². The Labute approximate surface area is 189 Å². The van der Waals surface area contributed by atoms with Crippen LogP contribution in [0.4, 0.5) is 22.0 Å². The van der Waals surface area contributed by atoms with Gasteiger partial charge in [-0.05, 0) is 31.0 Å². The Morgan fingerprint density at radius 3 is 2.41 bits per heavy atom. The molecule has 3 heterocycles. The highest BCUT2D eigenvalue weighted by molar-refractivity contribution is 7.91. The maximum Gasteiger partial charge on any atom is 0.456 e. The Kier molecular flexibility index (Phi) is 5.69. The van der Waals surface area contributed by atoms with Crippen molar-refractivity contribution >= 4 is 15.5 Å². The SMILES string of the molecule is CCS(=O)(=O)c1nn2c(C3CC3)ccnc2c1-c1ccc(OCC(F)(F)C(F)(F)F)n(C)c1=O. The van der Waals surface area contributed by atoms with Gasteiger partial charge in [-0.25, -0.2) is 17.9 Å². The van der Waals surface area contributed by atoms with Crippen molar-refractivity contribution in [1.29, 1.82) is 0 Å². The van der Waals surface area contributed by atoms with Crippen LogP contribution < -0.4 is 10.3 Å². The molecule has 0 aromatic carbocycles. The molecular formula is C20H19F5N4O4S. The molecule has 0 radical (unpaired) electrons. The van der Waals surface area contributed by atoms with Crippen LogP contribution in [0.25, 0.3) is 16.8 Å². The minimum Gasteiger partial charge on any atom is -0.472 e. The van der Waals surface area contributed by atoms with Gasteiger partial charge in [0.25, 0.3) is 5.56 Å². The van der Waals surface area contributed by atoms with Crippen LogP contribution in [0.5, 0.6) is 5.88 Å². The van der Waals surface area contributed by atoms with Gasteiger partial charge in [0.05, 0.1) is 16.9 Å². The van der Waals surface area contributed by atoms with Gasteiger partial charge < -0.3 is 4.74 Å². The molecule has 3 aromatic heterocycles. The Balaban J connectivity index is 1.85. The van der Waals surface area contributed by atoms with Crippen molar-refractivity contribution in [1.82, 2.24) is 19.2 Å². The molecule has 3 aromatic rings. The van der Waals surface area contributed by atoms with E-state index in [1.807, 2.05) is 0 Å². The van der Waals surface area contributed by atoms with Crippen molar-refractivity contribution in [3.8, 4) is 17.0 Å². The van der Waals surface area contributed by atoms with Crippen molar-refractivity contribution in [2.45, 2.75) is 42.8 Å². The number of hydrogen-bond donors (Lipinski definition) is 0. The molecule has 0 spiro atoms. The van der Waals surface area contributed by atoms with E-state index in [1.54, 1.807) is 6.07 Å². The van der Waals surface area contributed by atoms with Gasteiger partial charge >= 0.3 is 12.1 Å². The second-order valence-corrected chi connectivity index (χ2v) is 10.1. The number of alkyl halides is 5. The summed E-state index contributed by atoms with van der Waals surface area (Å²) in [5.41, 5.74) is -0.272. The number of rotatable bonds is 7. The maximum atomic E-state index is 13.2. The van der Waals surface area contributed by atoms with E-state index in [0.29, 0.717) is 0 Å². The molecule has 0 amide bonds. The van der Waals surface area contributed by atoms with Crippen molar-refractivity contribution < 1.29 is 35.1 Å². The minimum absolute atomic E-state index is 0.0721. The zero-order valence-electron chi connectivity index (χ0n) is 17.9. The summed E-state index contributed by atoms with van der Waals surface area (Å²) in [6.45, 7) is -0.615. The molecule has 0 unspecified atom stereocenters. The standard InChI is InChI=1S/C20H19F5N4O4S/c1-3-34(31,32)17-15(16-26-9-8-13(11-4-5-11)29(16)27-17)12-6-7-14(28(2)18(12)30)33-10-19(21,22)20(23,24)25/h6-9,11H,3-5,10H2,1-2H3. The predicted molar refractivity (Wildman–Crippen MR) is 110 cm³/mol. The van der Waals surface area contributed by atoms with E-state index >= 15 is 0 Å². The molecule has 1 fully saturated rings. The normalized spacial score (nSPS) is 15.1. The van der Waals surface area contributed by atoms with Gasteiger partial charge in [-0.15, -0.1) is 0 Å². The topological polar surface area (TPSA) is 95.6 Å². The summed E-state index contributed by atoms with van der Waals surface area (Å²) in [6.07, 6.45) is -2.57. The van der Waals surface area contributed by atoms with E-state index in [-0.39, 0.29) is 33.5 Å². The molecule has 0 saturated heterocycles. The first-order valence-corrected chi connectivity index (χ1v) is 11.8. The quantitative estimate of drug-likeness (QED) is 0.456. The highest BCUT2D eigenvalue weighted by atomic mass is 32.2. The van der Waals surface area contributed by atoms with E-state index in [1.165, 1.54) is 17.6 Å². The number of fused-ring (bicyclic) bond motifs is 1. The summed E-state index contributed by atoms with van der Waals surface area (Å²) in [6, 6.07) is 3.82. The molecule has 0 atom stereocenters. The zero-order chi connectivity index (χ0) is 25.1. The van der Waals surface area contributed by atoms with Crippen LogP contribution in [0.15, 0.2) is 34.2 Å². The highest BCUT2D eigenvalue weighted by Crippen LogP contribution is 2.41. The number of pyridine rings is 1. The van der Waals surface area contributed by atoms with Crippen molar-refractivity contribution in [2.24, 2.45) is 7.05 Å². The van der Waals surface area contributed by atoms with Crippen LogP contribution in [0.3, 0.4) is 0 Å². The van der Waals surface area contributed by atoms with Crippen molar-refractivity contribution in [2.75, 3.05) is 12.4 Å². The van der Waals surface area contributed by atoms with Gasteiger partial charge in [0.2, 0.25) is 0 Å². The molecule has 1 saturated carbocycles. The van der Waals surface area contributed by atoms with E-state index < -0.39 is 40.0 Å². The van der Waals surface area contributed by atoms with Gasteiger partial charge in [0.1, 0.15) is 0 Å². The average molecular weight is 506 g/mol. The van der Waals surface area contributed by atoms with Crippen LogP contribution in [-0.4, -0.2) is 52.0 Å². The molecule has 0 N–H and O–H groups in total. The number of ether oxygens (including phenoxy) is 1. The third-order valence-corrected chi connectivity index (χ3v) is 7.16. The second-order valence-electron chi connectivity index (χ2n) is 7.90. The largest absolute Gasteiger partial charge is 0.472 e. The average Bonchev–Trinajstić information content (AvgIpc) is 3.53.